The molecule has 3 rings (SSSR count). The number of methoxy groups -OCH3 is 4. The van der Waals surface area contributed by atoms with Gasteiger partial charge < -0.3 is 18.9 Å². The lowest BCUT2D eigenvalue weighted by Gasteiger charge is -2.24. The first kappa shape index (κ1) is 22.3. The highest BCUT2D eigenvalue weighted by Gasteiger charge is 2.25. The Kier molecular flexibility index (Phi) is 7.88. The molecule has 162 valence electrons. The van der Waals surface area contributed by atoms with E-state index in [9.17, 15) is 0 Å². The topological polar surface area (TPSA) is 40.2 Å². The predicted molar refractivity (Wildman–Crippen MR) is 122 cm³/mol. The van der Waals surface area contributed by atoms with E-state index in [0.29, 0.717) is 34.9 Å². The molecule has 1 heterocycles. The molecule has 2 aromatic carbocycles. The van der Waals surface area contributed by atoms with Gasteiger partial charge in [0.05, 0.1) is 28.4 Å². The third-order valence-electron chi connectivity index (χ3n) is 5.55. The highest BCUT2D eigenvalue weighted by Crippen LogP contribution is 2.34. The zero-order valence-electron chi connectivity index (χ0n) is 18.1. The number of alkyl halides is 1. The Morgan fingerprint density at radius 2 is 1.57 bits per heavy atom. The van der Waals surface area contributed by atoms with Gasteiger partial charge in [-0.3, -0.25) is 4.90 Å². The van der Waals surface area contributed by atoms with Crippen LogP contribution in [0.1, 0.15) is 24.0 Å². The maximum Gasteiger partial charge on any atom is 0.161 e. The summed E-state index contributed by atoms with van der Waals surface area (Å²) < 4.78 is 21.8. The molecule has 0 aliphatic carbocycles. The van der Waals surface area contributed by atoms with E-state index in [0.717, 1.165) is 30.6 Å². The van der Waals surface area contributed by atoms with E-state index in [1.54, 1.807) is 28.4 Å². The molecule has 1 atom stereocenters. The summed E-state index contributed by atoms with van der Waals surface area (Å²) in [5.74, 6) is 3.49. The van der Waals surface area contributed by atoms with Crippen molar-refractivity contribution in [1.82, 2.24) is 4.90 Å². The van der Waals surface area contributed by atoms with Crippen molar-refractivity contribution in [3.8, 4) is 23.0 Å². The number of nitrogens with zero attached hydrogens (tertiary/aromatic N) is 1. The van der Waals surface area contributed by atoms with Gasteiger partial charge in [-0.25, -0.2) is 0 Å². The molecule has 1 aliphatic heterocycles. The first-order valence-electron chi connectivity index (χ1n) is 10.1. The van der Waals surface area contributed by atoms with Gasteiger partial charge in [-0.2, -0.15) is 0 Å². The Hall–Kier alpha value is -2.37. The Balaban J connectivity index is 2.02. The SMILES string of the molecule is COc1ccc(/C=C(/CN2CCC[C@H]2CCl)c2ccc(OC)c(OC)c2)cc1OC. The molecule has 0 spiro atoms. The van der Waals surface area contributed by atoms with Gasteiger partial charge in [0, 0.05) is 18.5 Å². The highest BCUT2D eigenvalue weighted by molar-refractivity contribution is 6.18. The second kappa shape index (κ2) is 10.6. The molecule has 0 radical (unpaired) electrons. The average molecular weight is 432 g/mol. The van der Waals surface area contributed by atoms with Gasteiger partial charge in [0.25, 0.3) is 0 Å². The molecule has 0 unspecified atom stereocenters. The van der Waals surface area contributed by atoms with Crippen molar-refractivity contribution in [1.29, 1.82) is 0 Å². The van der Waals surface area contributed by atoms with E-state index < -0.39 is 0 Å². The maximum absolute atomic E-state index is 6.22. The van der Waals surface area contributed by atoms with Gasteiger partial charge in [-0.05, 0) is 66.4 Å². The standard InChI is InChI=1S/C24H30ClNO4/c1-27-21-9-7-17(13-23(21)29-3)12-19(16-26-11-5-6-20(26)15-25)18-8-10-22(28-2)24(14-18)30-4/h7-10,12-14,20H,5-6,11,15-16H2,1-4H3/b19-12-/t20-/m0/s1. The normalized spacial score (nSPS) is 17.1. The number of likely N-dealkylation sites (tertiary alicyclic amines) is 1. The Morgan fingerprint density at radius 1 is 0.933 bits per heavy atom. The van der Waals surface area contributed by atoms with Crippen LogP contribution in [0.5, 0.6) is 23.0 Å². The van der Waals surface area contributed by atoms with Crippen LogP contribution >= 0.6 is 11.6 Å². The van der Waals surface area contributed by atoms with Gasteiger partial charge in [-0.1, -0.05) is 12.1 Å². The zero-order valence-corrected chi connectivity index (χ0v) is 18.9. The molecule has 0 saturated carbocycles. The van der Waals surface area contributed by atoms with Crippen molar-refractivity contribution in [2.24, 2.45) is 0 Å². The molecule has 6 heteroatoms. The van der Waals surface area contributed by atoms with E-state index >= 15 is 0 Å². The van der Waals surface area contributed by atoms with Crippen LogP contribution in [0.3, 0.4) is 0 Å². The Morgan fingerprint density at radius 3 is 2.20 bits per heavy atom. The fourth-order valence-electron chi connectivity index (χ4n) is 3.90. The van der Waals surface area contributed by atoms with Crippen molar-refractivity contribution in [3.63, 3.8) is 0 Å². The summed E-state index contributed by atoms with van der Waals surface area (Å²) in [5.41, 5.74) is 3.31. The van der Waals surface area contributed by atoms with Crippen LogP contribution in [0.25, 0.3) is 11.6 Å². The zero-order chi connectivity index (χ0) is 21.5. The number of hydrogen-bond donors (Lipinski definition) is 0. The van der Waals surface area contributed by atoms with Crippen LogP contribution in [-0.2, 0) is 0 Å². The van der Waals surface area contributed by atoms with Crippen molar-refractivity contribution in [2.45, 2.75) is 18.9 Å². The summed E-state index contributed by atoms with van der Waals surface area (Å²) in [4.78, 5) is 2.45. The van der Waals surface area contributed by atoms with Crippen LogP contribution in [-0.4, -0.2) is 58.4 Å². The lowest BCUT2D eigenvalue weighted by Crippen LogP contribution is -2.32. The first-order chi connectivity index (χ1) is 14.6. The lowest BCUT2D eigenvalue weighted by atomic mass is 10.0. The molecule has 5 nitrogen and oxygen atoms in total. The maximum atomic E-state index is 6.22. The van der Waals surface area contributed by atoms with Gasteiger partial charge in [0.2, 0.25) is 0 Å². The summed E-state index contributed by atoms with van der Waals surface area (Å²) in [7, 11) is 6.59. The molecule has 0 N–H and O–H groups in total. The summed E-state index contributed by atoms with van der Waals surface area (Å²) in [5, 5.41) is 0. The summed E-state index contributed by atoms with van der Waals surface area (Å²) in [6.07, 6.45) is 4.50. The predicted octanol–water partition coefficient (Wildman–Crippen LogP) is 4.96. The van der Waals surface area contributed by atoms with Crippen LogP contribution in [0.4, 0.5) is 0 Å². The van der Waals surface area contributed by atoms with Crippen LogP contribution in [0.2, 0.25) is 0 Å². The van der Waals surface area contributed by atoms with E-state index in [1.165, 1.54) is 12.0 Å². The van der Waals surface area contributed by atoms with Crippen LogP contribution in [0.15, 0.2) is 36.4 Å². The summed E-state index contributed by atoms with van der Waals surface area (Å²) in [6, 6.07) is 12.4. The molecule has 30 heavy (non-hydrogen) atoms. The van der Waals surface area contributed by atoms with Crippen LogP contribution in [0, 0.1) is 0 Å². The van der Waals surface area contributed by atoms with E-state index in [1.807, 2.05) is 30.3 Å². The number of benzene rings is 2. The highest BCUT2D eigenvalue weighted by atomic mass is 35.5. The van der Waals surface area contributed by atoms with E-state index in [2.05, 4.69) is 17.0 Å². The second-order valence-electron chi connectivity index (χ2n) is 7.27. The fraction of sp³-hybridized carbons (Fsp3) is 0.417. The third-order valence-corrected chi connectivity index (χ3v) is 5.91. The number of halogens is 1. The molecular formula is C24H30ClNO4. The summed E-state index contributed by atoms with van der Waals surface area (Å²) >= 11 is 6.22. The smallest absolute Gasteiger partial charge is 0.161 e. The van der Waals surface area contributed by atoms with Crippen molar-refractivity contribution >= 4 is 23.3 Å². The minimum atomic E-state index is 0.403. The monoisotopic (exact) mass is 431 g/mol. The lowest BCUT2D eigenvalue weighted by molar-refractivity contribution is 0.305. The van der Waals surface area contributed by atoms with Gasteiger partial charge in [0.15, 0.2) is 23.0 Å². The number of hydrogen-bond acceptors (Lipinski definition) is 5. The minimum absolute atomic E-state index is 0.403. The van der Waals surface area contributed by atoms with Gasteiger partial charge in [-0.15, -0.1) is 11.6 Å². The molecule has 0 aromatic heterocycles. The minimum Gasteiger partial charge on any atom is -0.493 e. The molecule has 0 amide bonds. The molecule has 2 aromatic rings. The second-order valence-corrected chi connectivity index (χ2v) is 7.58. The Labute approximate surface area is 184 Å². The number of rotatable bonds is 9. The Bertz CT molecular complexity index is 884. The van der Waals surface area contributed by atoms with Crippen LogP contribution < -0.4 is 18.9 Å². The van der Waals surface area contributed by atoms with Gasteiger partial charge in [0.1, 0.15) is 0 Å². The van der Waals surface area contributed by atoms with Crippen molar-refractivity contribution in [2.75, 3.05) is 47.4 Å². The molecule has 0 bridgehead atoms. The number of ether oxygens (including phenoxy) is 4. The molecule has 1 fully saturated rings. The first-order valence-corrected chi connectivity index (χ1v) is 10.6. The van der Waals surface area contributed by atoms with Gasteiger partial charge >= 0.3 is 0 Å². The quantitative estimate of drug-likeness (QED) is 0.414. The van der Waals surface area contributed by atoms with Crippen molar-refractivity contribution < 1.29 is 18.9 Å². The van der Waals surface area contributed by atoms with Crippen molar-refractivity contribution in [3.05, 3.63) is 47.5 Å². The fourth-order valence-corrected chi connectivity index (χ4v) is 4.25. The molecular weight excluding hydrogens is 402 g/mol. The van der Waals surface area contributed by atoms with E-state index in [-0.39, 0.29) is 0 Å². The molecule has 1 aliphatic rings. The third kappa shape index (κ3) is 5.02. The summed E-state index contributed by atoms with van der Waals surface area (Å²) in [6.45, 7) is 1.86. The van der Waals surface area contributed by atoms with E-state index in [4.69, 9.17) is 30.5 Å². The largest absolute Gasteiger partial charge is 0.493 e. The average Bonchev–Trinajstić information content (AvgIpc) is 3.25. The molecule has 1 saturated heterocycles.